The second-order valence-corrected chi connectivity index (χ2v) is 2.75. The van der Waals surface area contributed by atoms with Crippen molar-refractivity contribution in [2.45, 2.75) is 12.8 Å². The van der Waals surface area contributed by atoms with E-state index in [9.17, 15) is 4.79 Å². The molecule has 0 saturated heterocycles. The Balaban J connectivity index is 3.61. The zero-order valence-electron chi connectivity index (χ0n) is 5.52. The summed E-state index contributed by atoms with van der Waals surface area (Å²) in [6, 6.07) is 0. The van der Waals surface area contributed by atoms with Crippen LogP contribution in [0.25, 0.3) is 0 Å². The van der Waals surface area contributed by atoms with Gasteiger partial charge in [0.2, 0.25) is 0 Å². The lowest BCUT2D eigenvalue weighted by atomic mass is 10.0. The molecule has 0 atom stereocenters. The van der Waals surface area contributed by atoms with Gasteiger partial charge in [-0.2, -0.15) is 0 Å². The van der Waals surface area contributed by atoms with Gasteiger partial charge < -0.3 is 5.11 Å². The third kappa shape index (κ3) is 3.96. The van der Waals surface area contributed by atoms with Gasteiger partial charge in [0, 0.05) is 11.8 Å². The molecular weight excluding hydrogens is 175 g/mol. The van der Waals surface area contributed by atoms with Crippen molar-refractivity contribution in [3.63, 3.8) is 0 Å². The number of carboxylic acids is 1. The van der Waals surface area contributed by atoms with Crippen LogP contribution in [0.1, 0.15) is 12.8 Å². The van der Waals surface area contributed by atoms with Crippen molar-refractivity contribution in [2.24, 2.45) is 5.92 Å². The number of hydrogen-bond donors (Lipinski definition) is 1. The molecule has 0 rings (SSSR count). The van der Waals surface area contributed by atoms with Crippen molar-refractivity contribution in [3.05, 3.63) is 0 Å². The van der Waals surface area contributed by atoms with Gasteiger partial charge in [0.05, 0.1) is 5.92 Å². The van der Waals surface area contributed by atoms with E-state index in [0.29, 0.717) is 24.6 Å². The van der Waals surface area contributed by atoms with Crippen LogP contribution in [0.4, 0.5) is 0 Å². The molecule has 4 heteroatoms. The first kappa shape index (κ1) is 10.0. The first-order valence-corrected chi connectivity index (χ1v) is 4.14. The maximum atomic E-state index is 10.4. The van der Waals surface area contributed by atoms with E-state index in [4.69, 9.17) is 28.3 Å². The second-order valence-electron chi connectivity index (χ2n) is 1.99. The van der Waals surface area contributed by atoms with E-state index in [0.717, 1.165) is 0 Å². The number of alkyl halides is 2. The van der Waals surface area contributed by atoms with Crippen molar-refractivity contribution < 1.29 is 9.90 Å². The summed E-state index contributed by atoms with van der Waals surface area (Å²) in [7, 11) is 0. The van der Waals surface area contributed by atoms with Crippen molar-refractivity contribution in [1.82, 2.24) is 0 Å². The maximum absolute atomic E-state index is 10.4. The Morgan fingerprint density at radius 2 is 1.70 bits per heavy atom. The monoisotopic (exact) mass is 184 g/mol. The third-order valence-electron chi connectivity index (χ3n) is 1.26. The molecule has 60 valence electrons. The topological polar surface area (TPSA) is 37.3 Å². The van der Waals surface area contributed by atoms with E-state index in [1.54, 1.807) is 0 Å². The van der Waals surface area contributed by atoms with Crippen LogP contribution < -0.4 is 0 Å². The van der Waals surface area contributed by atoms with Crippen molar-refractivity contribution in [2.75, 3.05) is 11.8 Å². The SMILES string of the molecule is O=C(O)C(CCCl)CCCl. The highest BCUT2D eigenvalue weighted by molar-refractivity contribution is 6.18. The van der Waals surface area contributed by atoms with Gasteiger partial charge in [0.15, 0.2) is 0 Å². The van der Waals surface area contributed by atoms with Gasteiger partial charge in [-0.05, 0) is 12.8 Å². The summed E-state index contributed by atoms with van der Waals surface area (Å²) in [5.74, 6) is -0.405. The molecule has 0 aromatic heterocycles. The highest BCUT2D eigenvalue weighted by atomic mass is 35.5. The first-order chi connectivity index (χ1) is 4.72. The first-order valence-electron chi connectivity index (χ1n) is 3.07. The van der Waals surface area contributed by atoms with Gasteiger partial charge in [0.1, 0.15) is 0 Å². The highest BCUT2D eigenvalue weighted by Crippen LogP contribution is 2.10. The lowest BCUT2D eigenvalue weighted by Crippen LogP contribution is -2.14. The molecule has 0 radical (unpaired) electrons. The highest BCUT2D eigenvalue weighted by Gasteiger charge is 2.14. The van der Waals surface area contributed by atoms with E-state index in [1.165, 1.54) is 0 Å². The largest absolute Gasteiger partial charge is 0.481 e. The summed E-state index contributed by atoms with van der Waals surface area (Å²) in [5.41, 5.74) is 0. The predicted molar refractivity (Wildman–Crippen MR) is 41.8 cm³/mol. The zero-order valence-corrected chi connectivity index (χ0v) is 7.03. The van der Waals surface area contributed by atoms with E-state index >= 15 is 0 Å². The standard InChI is InChI=1S/C6H10Cl2O2/c7-3-1-5(2-4-8)6(9)10/h5H,1-4H2,(H,9,10). The fourth-order valence-corrected chi connectivity index (χ4v) is 1.18. The molecule has 0 aliphatic heterocycles. The lowest BCUT2D eigenvalue weighted by Gasteiger charge is -2.06. The quantitative estimate of drug-likeness (QED) is 0.664. The van der Waals surface area contributed by atoms with Crippen LogP contribution in [0.3, 0.4) is 0 Å². The molecule has 0 aromatic carbocycles. The van der Waals surface area contributed by atoms with E-state index in [1.807, 2.05) is 0 Å². The Kier molecular flexibility index (Phi) is 5.84. The van der Waals surface area contributed by atoms with Gasteiger partial charge >= 0.3 is 5.97 Å². The fourth-order valence-electron chi connectivity index (χ4n) is 0.655. The molecule has 1 N–H and O–H groups in total. The van der Waals surface area contributed by atoms with Crippen LogP contribution in [0.15, 0.2) is 0 Å². The Morgan fingerprint density at radius 1 is 1.30 bits per heavy atom. The minimum atomic E-state index is -0.804. The smallest absolute Gasteiger partial charge is 0.306 e. The van der Waals surface area contributed by atoms with Crippen molar-refractivity contribution in [1.29, 1.82) is 0 Å². The molecule has 0 amide bonds. The van der Waals surface area contributed by atoms with Crippen LogP contribution in [-0.2, 0) is 4.79 Å². The molecule has 0 spiro atoms. The average Bonchev–Trinajstić information content (AvgIpc) is 1.87. The molecule has 0 aliphatic rings. The van der Waals surface area contributed by atoms with Crippen molar-refractivity contribution >= 4 is 29.2 Å². The summed E-state index contributed by atoms with van der Waals surface area (Å²) < 4.78 is 0. The van der Waals surface area contributed by atoms with E-state index < -0.39 is 5.97 Å². The van der Waals surface area contributed by atoms with Crippen LogP contribution in [0, 0.1) is 5.92 Å². The minimum absolute atomic E-state index is 0.366. The average molecular weight is 185 g/mol. The normalized spacial score (nSPS) is 10.3. The van der Waals surface area contributed by atoms with Gasteiger partial charge in [-0.15, -0.1) is 23.2 Å². The molecule has 0 saturated carbocycles. The van der Waals surface area contributed by atoms with Gasteiger partial charge in [-0.25, -0.2) is 0 Å². The summed E-state index contributed by atoms with van der Waals surface area (Å²) in [6.45, 7) is 0. The second kappa shape index (κ2) is 5.81. The van der Waals surface area contributed by atoms with Crippen LogP contribution in [-0.4, -0.2) is 22.8 Å². The molecule has 0 aromatic rings. The third-order valence-corrected chi connectivity index (χ3v) is 1.70. The number of carbonyl (C=O) groups is 1. The molecule has 0 heterocycles. The summed E-state index contributed by atoms with van der Waals surface area (Å²) in [6.07, 6.45) is 1.01. The van der Waals surface area contributed by atoms with E-state index in [2.05, 4.69) is 0 Å². The Morgan fingerprint density at radius 3 is 1.90 bits per heavy atom. The number of carboxylic acid groups (broad SMARTS) is 1. The number of aliphatic carboxylic acids is 1. The number of halogens is 2. The number of rotatable bonds is 5. The van der Waals surface area contributed by atoms with E-state index in [-0.39, 0.29) is 5.92 Å². The summed E-state index contributed by atoms with van der Waals surface area (Å²) >= 11 is 10.7. The number of hydrogen-bond acceptors (Lipinski definition) is 1. The molecule has 10 heavy (non-hydrogen) atoms. The zero-order chi connectivity index (χ0) is 7.98. The molecule has 0 aliphatic carbocycles. The van der Waals surface area contributed by atoms with Crippen LogP contribution in [0.2, 0.25) is 0 Å². The predicted octanol–water partition coefficient (Wildman–Crippen LogP) is 1.95. The molecule has 2 nitrogen and oxygen atoms in total. The summed E-state index contributed by atoms with van der Waals surface area (Å²) in [5, 5.41) is 8.52. The van der Waals surface area contributed by atoms with Gasteiger partial charge in [-0.1, -0.05) is 0 Å². The molecular formula is C6H10Cl2O2. The van der Waals surface area contributed by atoms with Crippen molar-refractivity contribution in [3.8, 4) is 0 Å². The van der Waals surface area contributed by atoms with Crippen LogP contribution >= 0.6 is 23.2 Å². The Hall–Kier alpha value is 0.0500. The Bertz CT molecular complexity index is 99.9. The minimum Gasteiger partial charge on any atom is -0.481 e. The molecule has 0 fully saturated rings. The Labute approximate surface area is 70.1 Å². The maximum Gasteiger partial charge on any atom is 0.306 e. The molecule has 0 bridgehead atoms. The van der Waals surface area contributed by atoms with Gasteiger partial charge in [-0.3, -0.25) is 4.79 Å². The van der Waals surface area contributed by atoms with Crippen LogP contribution in [0.5, 0.6) is 0 Å². The summed E-state index contributed by atoms with van der Waals surface area (Å²) in [4.78, 5) is 10.4. The fraction of sp³-hybridized carbons (Fsp3) is 0.833. The molecule has 0 unspecified atom stereocenters. The van der Waals surface area contributed by atoms with Gasteiger partial charge in [0.25, 0.3) is 0 Å². The lowest BCUT2D eigenvalue weighted by molar-refractivity contribution is -0.141.